The van der Waals surface area contributed by atoms with Gasteiger partial charge in [-0.1, -0.05) is 35.3 Å². The van der Waals surface area contributed by atoms with Crippen LogP contribution in [0, 0.1) is 11.8 Å². The Balaban J connectivity index is 2.05. The number of benzene rings is 1. The predicted molar refractivity (Wildman–Crippen MR) is 88.2 cm³/mol. The first-order valence-electron chi connectivity index (χ1n) is 7.10. The average Bonchev–Trinajstić information content (AvgIpc) is 2.41. The number of ether oxygens (including phenoxy) is 1. The van der Waals surface area contributed by atoms with Crippen molar-refractivity contribution in [2.45, 2.75) is 43.9 Å². The fraction of sp³-hybridized carbons (Fsp3) is 0.625. The van der Waals surface area contributed by atoms with Gasteiger partial charge in [0.1, 0.15) is 5.75 Å². The van der Waals surface area contributed by atoms with E-state index in [4.69, 9.17) is 4.74 Å². The van der Waals surface area contributed by atoms with E-state index >= 15 is 0 Å². The molecule has 19 heavy (non-hydrogen) atoms. The van der Waals surface area contributed by atoms with Crippen LogP contribution in [0.1, 0.15) is 38.2 Å². The summed E-state index contributed by atoms with van der Waals surface area (Å²) < 4.78 is 6.35. The summed E-state index contributed by atoms with van der Waals surface area (Å²) in [5.74, 6) is 2.59. The standard InChI is InChI=1S/C16H22Br2O/c1-3-11-4-6-14(17)13(8-11)9-12-5-7-16(19-2)15(18)10-12/h5,7,10-11,13-14H,3-4,6,8-9H2,1-2H3. The molecule has 0 spiro atoms. The van der Waals surface area contributed by atoms with Gasteiger partial charge < -0.3 is 4.74 Å². The second-order valence-corrected chi connectivity index (χ2v) is 7.57. The maximum atomic E-state index is 5.29. The molecule has 106 valence electrons. The van der Waals surface area contributed by atoms with Gasteiger partial charge in [0, 0.05) is 4.83 Å². The lowest BCUT2D eigenvalue weighted by Gasteiger charge is -2.33. The smallest absolute Gasteiger partial charge is 0.133 e. The van der Waals surface area contributed by atoms with Crippen LogP contribution in [0.3, 0.4) is 0 Å². The number of methoxy groups -OCH3 is 1. The molecule has 1 aromatic carbocycles. The van der Waals surface area contributed by atoms with Gasteiger partial charge in [-0.05, 0) is 71.1 Å². The Morgan fingerprint density at radius 1 is 1.32 bits per heavy atom. The van der Waals surface area contributed by atoms with Gasteiger partial charge in [0.05, 0.1) is 11.6 Å². The SMILES string of the molecule is CCC1CCC(Br)C(Cc2ccc(OC)c(Br)c2)C1. The average molecular weight is 390 g/mol. The first-order valence-corrected chi connectivity index (χ1v) is 8.81. The predicted octanol–water partition coefficient (Wildman–Crippen LogP) is 5.59. The molecule has 3 atom stereocenters. The number of rotatable bonds is 4. The van der Waals surface area contributed by atoms with Crippen LogP contribution < -0.4 is 4.74 Å². The van der Waals surface area contributed by atoms with Gasteiger partial charge in [0.15, 0.2) is 0 Å². The van der Waals surface area contributed by atoms with Crippen molar-refractivity contribution in [1.82, 2.24) is 0 Å². The van der Waals surface area contributed by atoms with Crippen molar-refractivity contribution in [2.24, 2.45) is 11.8 Å². The van der Waals surface area contributed by atoms with E-state index in [1.54, 1.807) is 7.11 Å². The van der Waals surface area contributed by atoms with Gasteiger partial charge in [-0.25, -0.2) is 0 Å². The van der Waals surface area contributed by atoms with E-state index < -0.39 is 0 Å². The van der Waals surface area contributed by atoms with Crippen LogP contribution >= 0.6 is 31.9 Å². The largest absolute Gasteiger partial charge is 0.496 e. The lowest BCUT2D eigenvalue weighted by atomic mass is 9.77. The first-order chi connectivity index (χ1) is 9.13. The molecule has 0 bridgehead atoms. The lowest BCUT2D eigenvalue weighted by molar-refractivity contribution is 0.271. The summed E-state index contributed by atoms with van der Waals surface area (Å²) >= 11 is 7.46. The molecule has 1 saturated carbocycles. The van der Waals surface area contributed by atoms with Crippen LogP contribution in [0.2, 0.25) is 0 Å². The van der Waals surface area contributed by atoms with Crippen molar-refractivity contribution in [3.05, 3.63) is 28.2 Å². The molecule has 0 radical (unpaired) electrons. The molecule has 1 aliphatic rings. The molecule has 3 heteroatoms. The summed E-state index contributed by atoms with van der Waals surface area (Å²) in [4.78, 5) is 0.677. The minimum Gasteiger partial charge on any atom is -0.496 e. The summed E-state index contributed by atoms with van der Waals surface area (Å²) in [6.07, 6.45) is 6.54. The van der Waals surface area contributed by atoms with Gasteiger partial charge in [-0.3, -0.25) is 0 Å². The number of alkyl halides is 1. The molecule has 0 heterocycles. The quantitative estimate of drug-likeness (QED) is 0.609. The first kappa shape index (κ1) is 15.4. The van der Waals surface area contributed by atoms with E-state index in [9.17, 15) is 0 Å². The third-order valence-corrected chi connectivity index (χ3v) is 6.11. The summed E-state index contributed by atoms with van der Waals surface area (Å²) in [6, 6.07) is 6.45. The fourth-order valence-electron chi connectivity index (χ4n) is 3.05. The summed E-state index contributed by atoms with van der Waals surface area (Å²) in [7, 11) is 1.71. The molecular weight excluding hydrogens is 368 g/mol. The van der Waals surface area contributed by atoms with Crippen LogP contribution in [0.15, 0.2) is 22.7 Å². The zero-order valence-electron chi connectivity index (χ0n) is 11.7. The Morgan fingerprint density at radius 3 is 2.74 bits per heavy atom. The minimum atomic E-state index is 0.677. The highest BCUT2D eigenvalue weighted by Gasteiger charge is 2.28. The van der Waals surface area contributed by atoms with E-state index in [2.05, 4.69) is 57.0 Å². The van der Waals surface area contributed by atoms with Gasteiger partial charge in [-0.2, -0.15) is 0 Å². The summed E-state index contributed by atoms with van der Waals surface area (Å²) in [6.45, 7) is 2.32. The monoisotopic (exact) mass is 388 g/mol. The molecule has 1 nitrogen and oxygen atoms in total. The van der Waals surface area contributed by atoms with Crippen molar-refractivity contribution in [1.29, 1.82) is 0 Å². The second kappa shape index (κ2) is 7.12. The van der Waals surface area contributed by atoms with Crippen molar-refractivity contribution < 1.29 is 4.74 Å². The Kier molecular flexibility index (Phi) is 5.76. The van der Waals surface area contributed by atoms with Gasteiger partial charge in [0.25, 0.3) is 0 Å². The lowest BCUT2D eigenvalue weighted by Crippen LogP contribution is -2.26. The topological polar surface area (TPSA) is 9.23 Å². The van der Waals surface area contributed by atoms with E-state index in [-0.39, 0.29) is 0 Å². The third-order valence-electron chi connectivity index (χ3n) is 4.29. The number of hydrogen-bond acceptors (Lipinski definition) is 1. The van der Waals surface area contributed by atoms with Gasteiger partial charge >= 0.3 is 0 Å². The number of halogens is 2. The van der Waals surface area contributed by atoms with Crippen LogP contribution in [-0.4, -0.2) is 11.9 Å². The van der Waals surface area contributed by atoms with Crippen LogP contribution in [0.25, 0.3) is 0 Å². The molecule has 1 fully saturated rings. The van der Waals surface area contributed by atoms with Gasteiger partial charge in [0.2, 0.25) is 0 Å². The Labute approximate surface area is 133 Å². The zero-order valence-corrected chi connectivity index (χ0v) is 14.8. The van der Waals surface area contributed by atoms with Crippen molar-refractivity contribution >= 4 is 31.9 Å². The highest BCUT2D eigenvalue weighted by molar-refractivity contribution is 9.10. The maximum Gasteiger partial charge on any atom is 0.133 e. The normalized spacial score (nSPS) is 27.3. The molecule has 0 N–H and O–H groups in total. The number of hydrogen-bond donors (Lipinski definition) is 0. The van der Waals surface area contributed by atoms with Crippen molar-refractivity contribution in [2.75, 3.05) is 7.11 Å². The van der Waals surface area contributed by atoms with Crippen LogP contribution in [0.4, 0.5) is 0 Å². The molecule has 0 aliphatic heterocycles. The molecular formula is C16H22Br2O. The van der Waals surface area contributed by atoms with Crippen LogP contribution in [-0.2, 0) is 6.42 Å². The molecule has 2 rings (SSSR count). The molecule has 1 aromatic rings. The van der Waals surface area contributed by atoms with Gasteiger partial charge in [-0.15, -0.1) is 0 Å². The van der Waals surface area contributed by atoms with E-state index in [0.29, 0.717) is 4.83 Å². The van der Waals surface area contributed by atoms with E-state index in [0.717, 1.165) is 28.5 Å². The Morgan fingerprint density at radius 2 is 2.11 bits per heavy atom. The molecule has 0 amide bonds. The molecule has 1 aliphatic carbocycles. The molecule has 3 unspecified atom stereocenters. The van der Waals surface area contributed by atoms with Crippen LogP contribution in [0.5, 0.6) is 5.75 Å². The zero-order chi connectivity index (χ0) is 13.8. The summed E-state index contributed by atoms with van der Waals surface area (Å²) in [5.41, 5.74) is 1.40. The van der Waals surface area contributed by atoms with Crippen molar-refractivity contribution in [3.63, 3.8) is 0 Å². The summed E-state index contributed by atoms with van der Waals surface area (Å²) in [5, 5.41) is 0. The molecule has 0 saturated heterocycles. The second-order valence-electron chi connectivity index (χ2n) is 5.54. The fourth-order valence-corrected chi connectivity index (χ4v) is 4.30. The van der Waals surface area contributed by atoms with E-state index in [1.807, 2.05) is 0 Å². The highest BCUT2D eigenvalue weighted by Crippen LogP contribution is 2.38. The molecule has 0 aromatic heterocycles. The third kappa shape index (κ3) is 3.98. The maximum absolute atomic E-state index is 5.29. The highest BCUT2D eigenvalue weighted by atomic mass is 79.9. The Bertz CT molecular complexity index is 419. The van der Waals surface area contributed by atoms with Crippen molar-refractivity contribution in [3.8, 4) is 5.75 Å². The minimum absolute atomic E-state index is 0.677. The van der Waals surface area contributed by atoms with E-state index in [1.165, 1.54) is 31.2 Å². The Hall–Kier alpha value is -0.0200.